The number of rotatable bonds is 5. The van der Waals surface area contributed by atoms with E-state index in [0.29, 0.717) is 13.0 Å². The Kier molecular flexibility index (Phi) is 4.26. The zero-order chi connectivity index (χ0) is 12.2. The molecule has 1 unspecified atom stereocenters. The molecule has 0 fully saturated rings. The standard InChI is InChI=1S/C9H15ClN4O2/c1-4-9(2,15)5-11-7-12-6(10)13-8(14-7)16-3/h15H,4-5H2,1-3H3,(H,11,12,13,14). The van der Waals surface area contributed by atoms with Gasteiger partial charge in [0.05, 0.1) is 12.7 Å². The minimum atomic E-state index is -0.813. The monoisotopic (exact) mass is 246 g/mol. The molecule has 16 heavy (non-hydrogen) atoms. The molecule has 0 aromatic carbocycles. The van der Waals surface area contributed by atoms with Gasteiger partial charge in [-0.2, -0.15) is 15.0 Å². The summed E-state index contributed by atoms with van der Waals surface area (Å²) in [6.45, 7) is 3.94. The van der Waals surface area contributed by atoms with Crippen molar-refractivity contribution in [1.29, 1.82) is 0 Å². The van der Waals surface area contributed by atoms with Crippen LogP contribution in [0, 0.1) is 0 Å². The van der Waals surface area contributed by atoms with Crippen molar-refractivity contribution < 1.29 is 9.84 Å². The van der Waals surface area contributed by atoms with Crippen LogP contribution in [-0.2, 0) is 0 Å². The fourth-order valence-electron chi connectivity index (χ4n) is 0.897. The number of aromatic nitrogens is 3. The zero-order valence-corrected chi connectivity index (χ0v) is 10.2. The summed E-state index contributed by atoms with van der Waals surface area (Å²) >= 11 is 5.67. The molecule has 0 radical (unpaired) electrons. The van der Waals surface area contributed by atoms with Crippen LogP contribution in [0.4, 0.5) is 5.95 Å². The van der Waals surface area contributed by atoms with Crippen LogP contribution in [0.1, 0.15) is 20.3 Å². The van der Waals surface area contributed by atoms with E-state index in [0.717, 1.165) is 0 Å². The van der Waals surface area contributed by atoms with Crippen molar-refractivity contribution in [3.05, 3.63) is 5.28 Å². The van der Waals surface area contributed by atoms with Crippen molar-refractivity contribution in [3.8, 4) is 6.01 Å². The number of hydrogen-bond donors (Lipinski definition) is 2. The summed E-state index contributed by atoms with van der Waals surface area (Å²) in [6, 6.07) is 0.138. The van der Waals surface area contributed by atoms with Gasteiger partial charge in [-0.05, 0) is 24.9 Å². The summed E-state index contributed by atoms with van der Waals surface area (Å²) in [7, 11) is 1.44. The molecule has 0 aliphatic heterocycles. The fraction of sp³-hybridized carbons (Fsp3) is 0.667. The second-order valence-corrected chi connectivity index (χ2v) is 3.96. The molecule has 0 saturated carbocycles. The number of ether oxygens (including phenoxy) is 1. The molecule has 0 amide bonds. The van der Waals surface area contributed by atoms with E-state index in [2.05, 4.69) is 20.3 Å². The highest BCUT2D eigenvalue weighted by atomic mass is 35.5. The third-order valence-electron chi connectivity index (χ3n) is 2.16. The lowest BCUT2D eigenvalue weighted by molar-refractivity contribution is 0.0695. The molecule has 0 aliphatic carbocycles. The van der Waals surface area contributed by atoms with Gasteiger partial charge in [-0.15, -0.1) is 0 Å². The number of nitrogens with one attached hydrogen (secondary N) is 1. The average Bonchev–Trinajstić information content (AvgIpc) is 2.26. The number of aliphatic hydroxyl groups is 1. The predicted molar refractivity (Wildman–Crippen MR) is 60.8 cm³/mol. The first-order valence-corrected chi connectivity index (χ1v) is 5.26. The highest BCUT2D eigenvalue weighted by Crippen LogP contribution is 2.13. The normalized spacial score (nSPS) is 14.3. The number of nitrogens with zero attached hydrogens (tertiary/aromatic N) is 3. The molecule has 1 heterocycles. The minimum absolute atomic E-state index is 0.0468. The smallest absolute Gasteiger partial charge is 0.322 e. The van der Waals surface area contributed by atoms with Gasteiger partial charge in [0.15, 0.2) is 0 Å². The molecule has 0 aliphatic rings. The van der Waals surface area contributed by atoms with Crippen molar-refractivity contribution >= 4 is 17.5 Å². The van der Waals surface area contributed by atoms with Crippen molar-refractivity contribution in [3.63, 3.8) is 0 Å². The van der Waals surface area contributed by atoms with Gasteiger partial charge in [-0.1, -0.05) is 6.92 Å². The summed E-state index contributed by atoms with van der Waals surface area (Å²) in [4.78, 5) is 11.5. The quantitative estimate of drug-likeness (QED) is 0.810. The first-order chi connectivity index (χ1) is 7.46. The van der Waals surface area contributed by atoms with Gasteiger partial charge in [0.25, 0.3) is 0 Å². The van der Waals surface area contributed by atoms with Gasteiger partial charge in [-0.25, -0.2) is 0 Å². The van der Waals surface area contributed by atoms with Gasteiger partial charge in [0, 0.05) is 6.54 Å². The van der Waals surface area contributed by atoms with E-state index in [1.54, 1.807) is 6.92 Å². The Morgan fingerprint density at radius 3 is 2.69 bits per heavy atom. The number of hydrogen-bond acceptors (Lipinski definition) is 6. The molecule has 0 saturated heterocycles. The maximum absolute atomic E-state index is 9.78. The Morgan fingerprint density at radius 2 is 2.12 bits per heavy atom. The van der Waals surface area contributed by atoms with E-state index in [1.807, 2.05) is 6.92 Å². The number of halogens is 1. The maximum atomic E-state index is 9.78. The van der Waals surface area contributed by atoms with Crippen LogP contribution >= 0.6 is 11.6 Å². The molecule has 0 spiro atoms. The van der Waals surface area contributed by atoms with Crippen molar-refractivity contribution in [1.82, 2.24) is 15.0 Å². The van der Waals surface area contributed by atoms with Gasteiger partial charge in [0.2, 0.25) is 11.2 Å². The van der Waals surface area contributed by atoms with Crippen LogP contribution in [-0.4, -0.2) is 39.3 Å². The van der Waals surface area contributed by atoms with Crippen LogP contribution in [0.25, 0.3) is 0 Å². The molecule has 7 heteroatoms. The first kappa shape index (κ1) is 12.9. The van der Waals surface area contributed by atoms with Crippen molar-refractivity contribution in [2.75, 3.05) is 19.0 Å². The van der Waals surface area contributed by atoms with Crippen LogP contribution in [0.5, 0.6) is 6.01 Å². The predicted octanol–water partition coefficient (Wildman–Crippen LogP) is 1.11. The van der Waals surface area contributed by atoms with Crippen LogP contribution in [0.3, 0.4) is 0 Å². The van der Waals surface area contributed by atoms with Crippen LogP contribution in [0.15, 0.2) is 0 Å². The van der Waals surface area contributed by atoms with E-state index < -0.39 is 5.60 Å². The first-order valence-electron chi connectivity index (χ1n) is 4.88. The van der Waals surface area contributed by atoms with Crippen LogP contribution < -0.4 is 10.1 Å². The average molecular weight is 247 g/mol. The van der Waals surface area contributed by atoms with Crippen LogP contribution in [0.2, 0.25) is 5.28 Å². The molecule has 90 valence electrons. The molecule has 1 aromatic rings. The summed E-state index contributed by atoms with van der Waals surface area (Å²) in [5, 5.41) is 12.7. The fourth-order valence-corrected chi connectivity index (χ4v) is 1.05. The maximum Gasteiger partial charge on any atom is 0.322 e. The lowest BCUT2D eigenvalue weighted by Crippen LogP contribution is -2.33. The Labute approximate surface area is 99.0 Å². The van der Waals surface area contributed by atoms with Gasteiger partial charge in [0.1, 0.15) is 0 Å². The summed E-state index contributed by atoms with van der Waals surface area (Å²) in [5.41, 5.74) is -0.813. The van der Waals surface area contributed by atoms with E-state index in [9.17, 15) is 5.11 Å². The second-order valence-electron chi connectivity index (χ2n) is 3.62. The molecule has 0 bridgehead atoms. The highest BCUT2D eigenvalue weighted by Gasteiger charge is 2.17. The molecular weight excluding hydrogens is 232 g/mol. The SMILES string of the molecule is CCC(C)(O)CNc1nc(Cl)nc(OC)n1. The Bertz CT molecular complexity index is 359. The molecule has 1 atom stereocenters. The molecule has 1 rings (SSSR count). The van der Waals surface area contributed by atoms with Gasteiger partial charge < -0.3 is 15.2 Å². The Balaban J connectivity index is 2.70. The molecule has 6 nitrogen and oxygen atoms in total. The topological polar surface area (TPSA) is 80.2 Å². The van der Waals surface area contributed by atoms with Crippen molar-refractivity contribution in [2.24, 2.45) is 0 Å². The van der Waals surface area contributed by atoms with E-state index in [4.69, 9.17) is 16.3 Å². The summed E-state index contributed by atoms with van der Waals surface area (Å²) in [5.74, 6) is 0.283. The third kappa shape index (κ3) is 3.79. The van der Waals surface area contributed by atoms with E-state index in [-0.39, 0.29) is 17.2 Å². The molecular formula is C9H15ClN4O2. The largest absolute Gasteiger partial charge is 0.467 e. The van der Waals surface area contributed by atoms with E-state index >= 15 is 0 Å². The third-order valence-corrected chi connectivity index (χ3v) is 2.33. The van der Waals surface area contributed by atoms with Gasteiger partial charge in [-0.3, -0.25) is 0 Å². The Hall–Kier alpha value is -1.14. The molecule has 1 aromatic heterocycles. The van der Waals surface area contributed by atoms with E-state index in [1.165, 1.54) is 7.11 Å². The highest BCUT2D eigenvalue weighted by molar-refractivity contribution is 6.28. The van der Waals surface area contributed by atoms with Crippen molar-refractivity contribution in [2.45, 2.75) is 25.9 Å². The minimum Gasteiger partial charge on any atom is -0.467 e. The summed E-state index contributed by atoms with van der Waals surface area (Å²) < 4.78 is 4.84. The van der Waals surface area contributed by atoms with Gasteiger partial charge >= 0.3 is 6.01 Å². The Morgan fingerprint density at radius 1 is 1.44 bits per heavy atom. The number of methoxy groups -OCH3 is 1. The number of anilines is 1. The second kappa shape index (κ2) is 5.27. The molecule has 2 N–H and O–H groups in total. The lowest BCUT2D eigenvalue weighted by Gasteiger charge is -2.21. The summed E-state index contributed by atoms with van der Waals surface area (Å²) in [6.07, 6.45) is 0.621. The zero-order valence-electron chi connectivity index (χ0n) is 9.49. The lowest BCUT2D eigenvalue weighted by atomic mass is 10.0.